The average Bonchev–Trinajstić information content (AvgIpc) is 3.02. The Balaban J connectivity index is 0.000000760. The van der Waals surface area contributed by atoms with Gasteiger partial charge in [-0.3, -0.25) is 14.3 Å². The van der Waals surface area contributed by atoms with Gasteiger partial charge >= 0.3 is 0 Å². The maximum Gasteiger partial charge on any atom is 0.275 e. The van der Waals surface area contributed by atoms with Crippen LogP contribution < -0.4 is 15.4 Å². The predicted octanol–water partition coefficient (Wildman–Crippen LogP) is 5.97. The molecular weight excluding hydrogens is 602 g/mol. The molecule has 0 unspecified atom stereocenters. The van der Waals surface area contributed by atoms with Crippen LogP contribution in [0.2, 0.25) is 13.6 Å². The van der Waals surface area contributed by atoms with Crippen molar-refractivity contribution in [3.05, 3.63) is 95.2 Å². The number of benzene rings is 1. The van der Waals surface area contributed by atoms with Crippen LogP contribution in [-0.2, 0) is 11.2 Å². The third kappa shape index (κ3) is 18.9. The van der Waals surface area contributed by atoms with E-state index in [1.807, 2.05) is 46.0 Å². The molecule has 0 spiro atoms. The standard InChI is InChI=1S/C18H27FN2O.C13H13N3O2.C2H6B.CH5NS/c1-4-6-11-21(13-10-20-18(22)5-2)12-9-16-8-7-15(3)17(19)14-16;1-8-3-4-11(14-6-8)16-13(18)12-9(2)5-10(17)7-15-12;1-3-2;1-2-3/h5,7-8,14H,2,4,6,9-13H2,1,3H3,(H,20,22);3-7,17H,1-2H3,(H,14,16,18);1-2H3;2-3H,1H3. The number of rotatable bonds is 12. The Bertz CT molecular complexity index is 1310. The first-order chi connectivity index (χ1) is 21.9. The number of hydrogen-bond donors (Lipinski definition) is 5. The quantitative estimate of drug-likeness (QED) is 0.0929. The molecule has 0 fully saturated rings. The lowest BCUT2D eigenvalue weighted by molar-refractivity contribution is -0.116. The van der Waals surface area contributed by atoms with Crippen LogP contribution in [0.3, 0.4) is 0 Å². The molecule has 46 heavy (non-hydrogen) atoms. The van der Waals surface area contributed by atoms with Crippen molar-refractivity contribution >= 4 is 37.7 Å². The van der Waals surface area contributed by atoms with E-state index in [4.69, 9.17) is 0 Å². The Morgan fingerprint density at radius 3 is 2.26 bits per heavy atom. The molecule has 1 radical (unpaired) electrons. The van der Waals surface area contributed by atoms with Crippen LogP contribution in [-0.4, -0.2) is 72.3 Å². The van der Waals surface area contributed by atoms with E-state index in [0.29, 0.717) is 23.5 Å². The lowest BCUT2D eigenvalue weighted by Gasteiger charge is -2.22. The number of halogens is 1. The van der Waals surface area contributed by atoms with Crippen molar-refractivity contribution < 1.29 is 19.1 Å². The number of aromatic nitrogens is 2. The number of unbranched alkanes of at least 4 members (excludes halogenated alkanes) is 1. The van der Waals surface area contributed by atoms with Gasteiger partial charge in [-0.25, -0.2) is 14.4 Å². The molecule has 3 aromatic rings. The number of carbonyl (C=O) groups is 2. The van der Waals surface area contributed by atoms with E-state index in [1.165, 1.54) is 18.3 Å². The summed E-state index contributed by atoms with van der Waals surface area (Å²) in [5, 5.41) is 14.7. The minimum Gasteiger partial charge on any atom is -0.506 e. The fourth-order valence-electron chi connectivity index (χ4n) is 3.72. The molecule has 1 aromatic carbocycles. The summed E-state index contributed by atoms with van der Waals surface area (Å²) >= 11 is 3.54. The largest absolute Gasteiger partial charge is 0.506 e. The summed E-state index contributed by atoms with van der Waals surface area (Å²) in [6, 6.07) is 10.5. The third-order valence-electron chi connectivity index (χ3n) is 6.13. The molecule has 9 nitrogen and oxygen atoms in total. The second-order valence-corrected chi connectivity index (χ2v) is 10.8. The van der Waals surface area contributed by atoms with Gasteiger partial charge in [0.05, 0.1) is 6.20 Å². The van der Waals surface area contributed by atoms with Crippen LogP contribution in [0.5, 0.6) is 5.75 Å². The molecule has 2 heterocycles. The van der Waals surface area contributed by atoms with Crippen molar-refractivity contribution in [2.24, 2.45) is 0 Å². The number of nitrogens with zero attached hydrogens (tertiary/aromatic N) is 3. The van der Waals surface area contributed by atoms with Gasteiger partial charge in [0.15, 0.2) is 0 Å². The van der Waals surface area contributed by atoms with Crippen LogP contribution in [0.25, 0.3) is 0 Å². The van der Waals surface area contributed by atoms with Gasteiger partial charge in [-0.15, -0.1) is 0 Å². The zero-order valence-electron chi connectivity index (χ0n) is 28.4. The SMILES string of the molecule is C=CC(=O)NCCN(CCCC)CCc1ccc(C)c(F)c1.CNS.C[B]C.Cc1ccc(NC(=O)c2ncc(O)cc2C)nc1. The van der Waals surface area contributed by atoms with E-state index in [1.54, 1.807) is 39.2 Å². The third-order valence-corrected chi connectivity index (χ3v) is 6.13. The molecule has 0 saturated heterocycles. The molecular formula is C34H51BFN6O3S. The first-order valence-corrected chi connectivity index (χ1v) is 15.7. The molecule has 251 valence electrons. The lowest BCUT2D eigenvalue weighted by atomic mass is 9.88. The molecule has 0 bridgehead atoms. The number of pyridine rings is 2. The zero-order valence-corrected chi connectivity index (χ0v) is 29.3. The van der Waals surface area contributed by atoms with Crippen LogP contribution in [0, 0.1) is 26.6 Å². The minimum absolute atomic E-state index is 0.0394. The summed E-state index contributed by atoms with van der Waals surface area (Å²) in [5.41, 5.74) is 3.60. The molecule has 0 aliphatic heterocycles. The number of hydrogen-bond acceptors (Lipinski definition) is 8. The Hall–Kier alpha value is -3.74. The number of aryl methyl sites for hydroxylation is 3. The van der Waals surface area contributed by atoms with Gasteiger partial charge in [0.25, 0.3) is 5.91 Å². The van der Waals surface area contributed by atoms with Crippen molar-refractivity contribution in [2.45, 2.75) is 60.6 Å². The molecule has 2 aromatic heterocycles. The van der Waals surface area contributed by atoms with Crippen LogP contribution in [0.1, 0.15) is 52.5 Å². The number of nitrogens with one attached hydrogen (secondary N) is 3. The number of amides is 2. The number of anilines is 1. The van der Waals surface area contributed by atoms with E-state index >= 15 is 0 Å². The van der Waals surface area contributed by atoms with Gasteiger partial charge < -0.3 is 20.6 Å². The van der Waals surface area contributed by atoms with Crippen molar-refractivity contribution in [2.75, 3.05) is 38.5 Å². The zero-order chi connectivity index (χ0) is 34.9. The molecule has 12 heteroatoms. The van der Waals surface area contributed by atoms with Crippen molar-refractivity contribution in [3.63, 3.8) is 0 Å². The molecule has 2 amide bonds. The van der Waals surface area contributed by atoms with Crippen LogP contribution >= 0.6 is 12.8 Å². The van der Waals surface area contributed by atoms with Gasteiger partial charge in [-0.1, -0.05) is 64.6 Å². The summed E-state index contributed by atoms with van der Waals surface area (Å²) in [7, 11) is 3.74. The molecule has 0 aliphatic rings. The highest BCUT2D eigenvalue weighted by Gasteiger charge is 2.12. The predicted molar refractivity (Wildman–Crippen MR) is 192 cm³/mol. The normalized spacial score (nSPS) is 9.78. The lowest BCUT2D eigenvalue weighted by Crippen LogP contribution is -2.36. The van der Waals surface area contributed by atoms with Crippen molar-refractivity contribution in [3.8, 4) is 5.75 Å². The summed E-state index contributed by atoms with van der Waals surface area (Å²) in [5.74, 6) is -0.117. The van der Waals surface area contributed by atoms with Gasteiger partial charge in [-0.05, 0) is 93.7 Å². The van der Waals surface area contributed by atoms with E-state index in [2.05, 4.69) is 56.5 Å². The molecule has 0 saturated carbocycles. The fourth-order valence-corrected chi connectivity index (χ4v) is 3.72. The number of aromatic hydroxyl groups is 1. The second kappa shape index (κ2) is 25.5. The molecule has 0 aliphatic carbocycles. The molecule has 4 N–H and O–H groups in total. The first kappa shape index (κ1) is 42.3. The van der Waals surface area contributed by atoms with E-state index in [-0.39, 0.29) is 29.1 Å². The summed E-state index contributed by atoms with van der Waals surface area (Å²) in [6.07, 6.45) is 7.27. The Kier molecular flexibility index (Phi) is 23.4. The Morgan fingerprint density at radius 2 is 1.72 bits per heavy atom. The smallest absolute Gasteiger partial charge is 0.275 e. The van der Waals surface area contributed by atoms with Gasteiger partial charge in [-0.2, -0.15) is 0 Å². The van der Waals surface area contributed by atoms with E-state index in [9.17, 15) is 19.1 Å². The number of carbonyl (C=O) groups excluding carboxylic acids is 2. The second-order valence-electron chi connectivity index (χ2n) is 10.4. The van der Waals surface area contributed by atoms with E-state index in [0.717, 1.165) is 50.0 Å². The fraction of sp³-hybridized carbons (Fsp3) is 0.412. The summed E-state index contributed by atoms with van der Waals surface area (Å²) < 4.78 is 16.0. The number of thiol groups is 1. The maximum atomic E-state index is 13.6. The van der Waals surface area contributed by atoms with Crippen LogP contribution in [0.4, 0.5) is 10.2 Å². The monoisotopic (exact) mass is 653 g/mol. The summed E-state index contributed by atoms with van der Waals surface area (Å²) in [4.78, 5) is 33.4. The topological polar surface area (TPSA) is 119 Å². The van der Waals surface area contributed by atoms with Gasteiger partial charge in [0.2, 0.25) is 5.91 Å². The Morgan fingerprint density at radius 1 is 1.04 bits per heavy atom. The van der Waals surface area contributed by atoms with Crippen molar-refractivity contribution in [1.29, 1.82) is 0 Å². The minimum atomic E-state index is -0.344. The van der Waals surface area contributed by atoms with Gasteiger partial charge in [0.1, 0.15) is 30.4 Å². The maximum absolute atomic E-state index is 13.6. The highest BCUT2D eigenvalue weighted by Crippen LogP contribution is 2.14. The Labute approximate surface area is 281 Å². The molecule has 3 rings (SSSR count). The first-order valence-electron chi connectivity index (χ1n) is 15.3. The van der Waals surface area contributed by atoms with Gasteiger partial charge in [0, 0.05) is 25.8 Å². The van der Waals surface area contributed by atoms with E-state index < -0.39 is 0 Å². The highest BCUT2D eigenvalue weighted by molar-refractivity contribution is 7.78. The average molecular weight is 654 g/mol. The molecule has 0 atom stereocenters. The van der Waals surface area contributed by atoms with Crippen molar-refractivity contribution in [1.82, 2.24) is 24.9 Å². The van der Waals surface area contributed by atoms with Crippen LogP contribution in [0.15, 0.2) is 61.4 Å². The highest BCUT2D eigenvalue weighted by atomic mass is 32.1. The summed E-state index contributed by atoms with van der Waals surface area (Å²) in [6.45, 7) is 18.3.